The van der Waals surface area contributed by atoms with Gasteiger partial charge in [-0.05, 0) is 30.3 Å². The maximum Gasteiger partial charge on any atom is 0.229 e. The van der Waals surface area contributed by atoms with E-state index in [0.717, 1.165) is 11.9 Å². The number of aliphatic hydroxyl groups is 1. The van der Waals surface area contributed by atoms with E-state index in [1.807, 2.05) is 0 Å². The molecule has 0 radical (unpaired) electrons. The molecular weight excluding hydrogens is 316 g/mol. The highest BCUT2D eigenvalue weighted by Gasteiger charge is 2.07. The largest absolute Gasteiger partial charge is 0.462 e. The molecule has 2 aromatic rings. The molecule has 0 amide bonds. The Hall–Kier alpha value is -1.70. The van der Waals surface area contributed by atoms with E-state index in [1.165, 1.54) is 0 Å². The number of hydrogen-bond acceptors (Lipinski definition) is 5. The number of rotatable bonds is 6. The molecule has 0 saturated carbocycles. The van der Waals surface area contributed by atoms with Gasteiger partial charge in [-0.3, -0.25) is 4.72 Å². The van der Waals surface area contributed by atoms with Gasteiger partial charge in [0.25, 0.3) is 0 Å². The first-order valence-corrected chi connectivity index (χ1v) is 8.34. The third-order valence-corrected chi connectivity index (χ3v) is 3.51. The van der Waals surface area contributed by atoms with Gasteiger partial charge in [-0.2, -0.15) is 0 Å². The van der Waals surface area contributed by atoms with Crippen LogP contribution in [-0.4, -0.2) is 19.8 Å². The number of benzene rings is 1. The molecule has 6 nitrogen and oxygen atoms in total. The summed E-state index contributed by atoms with van der Waals surface area (Å²) in [4.78, 5) is 0. The molecule has 0 aliphatic carbocycles. The summed E-state index contributed by atoms with van der Waals surface area (Å²) in [5.41, 5.74) is 1.05. The van der Waals surface area contributed by atoms with Gasteiger partial charge in [0.15, 0.2) is 0 Å². The van der Waals surface area contributed by atoms with Crippen LogP contribution in [0.4, 0.5) is 11.4 Å². The molecule has 0 bridgehead atoms. The third kappa shape index (κ3) is 4.66. The van der Waals surface area contributed by atoms with Crippen molar-refractivity contribution in [2.45, 2.75) is 13.2 Å². The molecule has 2 rings (SSSR count). The average molecular weight is 331 g/mol. The Morgan fingerprint density at radius 3 is 2.52 bits per heavy atom. The summed E-state index contributed by atoms with van der Waals surface area (Å²) in [5.74, 6) is 1.17. The number of aliphatic hydroxyl groups excluding tert-OH is 1. The van der Waals surface area contributed by atoms with Crippen LogP contribution in [0.25, 0.3) is 0 Å². The second kappa shape index (κ2) is 6.38. The minimum absolute atomic E-state index is 0.141. The first kappa shape index (κ1) is 15.7. The van der Waals surface area contributed by atoms with Crippen molar-refractivity contribution in [1.29, 1.82) is 0 Å². The quantitative estimate of drug-likeness (QED) is 0.756. The minimum atomic E-state index is -3.36. The van der Waals surface area contributed by atoms with E-state index in [4.69, 9.17) is 21.1 Å². The van der Waals surface area contributed by atoms with E-state index in [9.17, 15) is 8.42 Å². The SMILES string of the molecule is CS(=O)(=O)Nc1ccc(NCc2ccc(CO)o2)cc1Cl. The van der Waals surface area contributed by atoms with E-state index in [0.29, 0.717) is 28.8 Å². The van der Waals surface area contributed by atoms with Crippen molar-refractivity contribution in [2.24, 2.45) is 0 Å². The average Bonchev–Trinajstić information content (AvgIpc) is 2.86. The molecule has 0 aliphatic rings. The Labute approximate surface area is 127 Å². The van der Waals surface area contributed by atoms with Crippen LogP contribution < -0.4 is 10.0 Å². The number of nitrogens with one attached hydrogen (secondary N) is 2. The molecule has 0 saturated heterocycles. The summed E-state index contributed by atoms with van der Waals surface area (Å²) in [6, 6.07) is 8.36. The van der Waals surface area contributed by atoms with Crippen LogP contribution in [0.3, 0.4) is 0 Å². The number of hydrogen-bond donors (Lipinski definition) is 3. The zero-order valence-corrected chi connectivity index (χ0v) is 12.8. The fourth-order valence-corrected chi connectivity index (χ4v) is 2.56. The number of halogens is 1. The van der Waals surface area contributed by atoms with Gasteiger partial charge in [-0.1, -0.05) is 11.6 Å². The van der Waals surface area contributed by atoms with Gasteiger partial charge in [-0.25, -0.2) is 8.42 Å². The summed E-state index contributed by atoms with van der Waals surface area (Å²) in [5, 5.41) is 12.3. The van der Waals surface area contributed by atoms with Crippen LogP contribution in [0, 0.1) is 0 Å². The van der Waals surface area contributed by atoms with Crippen molar-refractivity contribution in [3.05, 3.63) is 46.9 Å². The van der Waals surface area contributed by atoms with Crippen LogP contribution in [-0.2, 0) is 23.2 Å². The molecule has 0 spiro atoms. The van der Waals surface area contributed by atoms with E-state index in [1.54, 1.807) is 30.3 Å². The zero-order chi connectivity index (χ0) is 15.5. The van der Waals surface area contributed by atoms with Crippen molar-refractivity contribution >= 4 is 33.0 Å². The monoisotopic (exact) mass is 330 g/mol. The first-order chi connectivity index (χ1) is 9.87. The number of furan rings is 1. The highest BCUT2D eigenvalue weighted by atomic mass is 35.5. The van der Waals surface area contributed by atoms with Crippen molar-refractivity contribution in [3.8, 4) is 0 Å². The zero-order valence-electron chi connectivity index (χ0n) is 11.3. The van der Waals surface area contributed by atoms with Crippen molar-refractivity contribution in [3.63, 3.8) is 0 Å². The second-order valence-electron chi connectivity index (χ2n) is 4.45. The molecule has 1 heterocycles. The summed E-state index contributed by atoms with van der Waals surface area (Å²) < 4.78 is 30.0. The van der Waals surface area contributed by atoms with E-state index >= 15 is 0 Å². The molecule has 1 aromatic carbocycles. The van der Waals surface area contributed by atoms with Crippen LogP contribution in [0.2, 0.25) is 5.02 Å². The molecule has 8 heteroatoms. The second-order valence-corrected chi connectivity index (χ2v) is 6.60. The Morgan fingerprint density at radius 1 is 1.24 bits per heavy atom. The van der Waals surface area contributed by atoms with Crippen molar-refractivity contribution in [1.82, 2.24) is 0 Å². The molecule has 0 fully saturated rings. The van der Waals surface area contributed by atoms with E-state index in [2.05, 4.69) is 10.0 Å². The van der Waals surface area contributed by atoms with E-state index < -0.39 is 10.0 Å². The molecule has 0 aliphatic heterocycles. The van der Waals surface area contributed by atoms with Crippen LogP contribution in [0.15, 0.2) is 34.7 Å². The molecule has 3 N–H and O–H groups in total. The highest BCUT2D eigenvalue weighted by molar-refractivity contribution is 7.92. The summed E-state index contributed by atoms with van der Waals surface area (Å²) in [6.07, 6.45) is 1.06. The highest BCUT2D eigenvalue weighted by Crippen LogP contribution is 2.26. The van der Waals surface area contributed by atoms with Crippen LogP contribution >= 0.6 is 11.6 Å². The number of anilines is 2. The van der Waals surface area contributed by atoms with Gasteiger partial charge in [0, 0.05) is 5.69 Å². The van der Waals surface area contributed by atoms with Crippen molar-refractivity contribution in [2.75, 3.05) is 16.3 Å². The Balaban J connectivity index is 2.03. The molecule has 21 heavy (non-hydrogen) atoms. The predicted molar refractivity (Wildman–Crippen MR) is 81.9 cm³/mol. The number of sulfonamides is 1. The van der Waals surface area contributed by atoms with E-state index in [-0.39, 0.29) is 6.61 Å². The normalized spacial score (nSPS) is 11.4. The fourth-order valence-electron chi connectivity index (χ4n) is 1.70. The molecule has 114 valence electrons. The van der Waals surface area contributed by atoms with Crippen LogP contribution in [0.5, 0.6) is 0 Å². The molecular formula is C13H15ClN2O4S. The van der Waals surface area contributed by atoms with Gasteiger partial charge >= 0.3 is 0 Å². The lowest BCUT2D eigenvalue weighted by molar-refractivity contribution is 0.244. The van der Waals surface area contributed by atoms with Crippen LogP contribution in [0.1, 0.15) is 11.5 Å². The van der Waals surface area contributed by atoms with Gasteiger partial charge in [0.2, 0.25) is 10.0 Å². The third-order valence-electron chi connectivity index (χ3n) is 2.60. The lowest BCUT2D eigenvalue weighted by Gasteiger charge is -2.09. The van der Waals surface area contributed by atoms with Crippen molar-refractivity contribution < 1.29 is 17.9 Å². The van der Waals surface area contributed by atoms with Gasteiger partial charge < -0.3 is 14.8 Å². The Kier molecular flexibility index (Phi) is 4.76. The smallest absolute Gasteiger partial charge is 0.229 e. The maximum atomic E-state index is 11.2. The lowest BCUT2D eigenvalue weighted by Crippen LogP contribution is -2.10. The summed E-state index contributed by atoms with van der Waals surface area (Å²) in [7, 11) is -3.36. The van der Waals surface area contributed by atoms with Gasteiger partial charge in [0.05, 0.1) is 23.5 Å². The standard InChI is InChI=1S/C13H15ClN2O4S/c1-21(18,19)16-13-5-2-9(6-12(13)14)15-7-10-3-4-11(8-17)20-10/h2-6,15-17H,7-8H2,1H3. The first-order valence-electron chi connectivity index (χ1n) is 6.07. The Bertz CT molecular complexity index is 728. The summed E-state index contributed by atoms with van der Waals surface area (Å²) >= 11 is 6.02. The Morgan fingerprint density at radius 2 is 1.95 bits per heavy atom. The topological polar surface area (TPSA) is 91.6 Å². The lowest BCUT2D eigenvalue weighted by atomic mass is 10.3. The molecule has 1 aromatic heterocycles. The van der Waals surface area contributed by atoms with Gasteiger partial charge in [-0.15, -0.1) is 0 Å². The summed E-state index contributed by atoms with van der Waals surface area (Å²) in [6.45, 7) is 0.285. The predicted octanol–water partition coefficient (Wildman–Crippen LogP) is 2.41. The minimum Gasteiger partial charge on any atom is -0.462 e. The maximum absolute atomic E-state index is 11.2. The molecule has 0 atom stereocenters. The molecule has 0 unspecified atom stereocenters. The fraction of sp³-hybridized carbons (Fsp3) is 0.231. The van der Waals surface area contributed by atoms with Gasteiger partial charge in [0.1, 0.15) is 18.1 Å².